The van der Waals surface area contributed by atoms with Gasteiger partial charge in [0, 0.05) is 12.2 Å². The molecule has 2 fully saturated rings. The number of carboxylic acid groups (broad SMARTS) is 1. The summed E-state index contributed by atoms with van der Waals surface area (Å²) in [5.74, 6) is -0.0155. The molecule has 0 bridgehead atoms. The van der Waals surface area contributed by atoms with Crippen molar-refractivity contribution in [1.29, 1.82) is 0 Å². The number of hydrogen-bond acceptors (Lipinski definition) is 4. The second-order valence-corrected chi connectivity index (χ2v) is 6.43. The average molecular weight is 300 g/mol. The van der Waals surface area contributed by atoms with E-state index in [1.165, 1.54) is 0 Å². The summed E-state index contributed by atoms with van der Waals surface area (Å²) in [5.41, 5.74) is -0.600. The SMILES string of the molecule is CCC(=O)N1CSCC1C(=O)NC1(CC(=O)O)CCC1. The van der Waals surface area contributed by atoms with Crippen molar-refractivity contribution in [2.45, 2.75) is 50.6 Å². The smallest absolute Gasteiger partial charge is 0.305 e. The number of nitrogens with one attached hydrogen (secondary N) is 1. The first kappa shape index (κ1) is 15.2. The zero-order valence-electron chi connectivity index (χ0n) is 11.6. The predicted molar refractivity (Wildman–Crippen MR) is 75.2 cm³/mol. The summed E-state index contributed by atoms with van der Waals surface area (Å²) >= 11 is 1.56. The van der Waals surface area contributed by atoms with Crippen LogP contribution in [0, 0.1) is 0 Å². The third-order valence-corrected chi connectivity index (χ3v) is 5.01. The molecular weight excluding hydrogens is 280 g/mol. The van der Waals surface area contributed by atoms with Gasteiger partial charge < -0.3 is 15.3 Å². The van der Waals surface area contributed by atoms with Crippen LogP contribution in [0.5, 0.6) is 0 Å². The first-order valence-electron chi connectivity index (χ1n) is 6.88. The lowest BCUT2D eigenvalue weighted by molar-refractivity contribution is -0.143. The minimum Gasteiger partial charge on any atom is -0.481 e. The molecule has 1 saturated carbocycles. The standard InChI is InChI=1S/C13H20N2O4S/c1-2-10(16)15-8-20-7-9(15)12(19)14-13(4-3-5-13)6-11(17)18/h9H,2-8H2,1H3,(H,14,19)(H,17,18). The van der Waals surface area contributed by atoms with Gasteiger partial charge in [0.2, 0.25) is 11.8 Å². The second kappa shape index (κ2) is 6.03. The van der Waals surface area contributed by atoms with Crippen LogP contribution in [-0.4, -0.2) is 51.0 Å². The number of thioether (sulfide) groups is 1. The number of aliphatic carboxylic acids is 1. The highest BCUT2D eigenvalue weighted by Crippen LogP contribution is 2.35. The Labute approximate surface area is 122 Å². The molecule has 6 nitrogen and oxygen atoms in total. The highest BCUT2D eigenvalue weighted by Gasteiger charge is 2.43. The van der Waals surface area contributed by atoms with Crippen molar-refractivity contribution in [3.05, 3.63) is 0 Å². The summed E-state index contributed by atoms with van der Waals surface area (Å²) in [4.78, 5) is 36.6. The van der Waals surface area contributed by atoms with Crippen LogP contribution in [0.15, 0.2) is 0 Å². The third-order valence-electron chi connectivity index (χ3n) is 4.00. The molecule has 0 radical (unpaired) electrons. The highest BCUT2D eigenvalue weighted by molar-refractivity contribution is 7.99. The fourth-order valence-electron chi connectivity index (χ4n) is 2.69. The molecule has 0 aromatic rings. The Morgan fingerprint density at radius 2 is 2.10 bits per heavy atom. The zero-order valence-corrected chi connectivity index (χ0v) is 12.4. The van der Waals surface area contributed by atoms with Gasteiger partial charge in [-0.1, -0.05) is 6.92 Å². The van der Waals surface area contributed by atoms with Crippen molar-refractivity contribution in [3.8, 4) is 0 Å². The van der Waals surface area contributed by atoms with Crippen LogP contribution in [0.25, 0.3) is 0 Å². The summed E-state index contributed by atoms with van der Waals surface area (Å²) in [5, 5.41) is 11.8. The Morgan fingerprint density at radius 3 is 2.60 bits per heavy atom. The molecular formula is C13H20N2O4S. The maximum atomic E-state index is 12.4. The molecule has 2 aliphatic rings. The van der Waals surface area contributed by atoms with E-state index in [9.17, 15) is 14.4 Å². The van der Waals surface area contributed by atoms with Crippen LogP contribution in [0.2, 0.25) is 0 Å². The number of carbonyl (C=O) groups excluding carboxylic acids is 2. The van der Waals surface area contributed by atoms with E-state index in [4.69, 9.17) is 5.11 Å². The number of rotatable bonds is 5. The van der Waals surface area contributed by atoms with Crippen molar-refractivity contribution < 1.29 is 19.5 Å². The van der Waals surface area contributed by atoms with Gasteiger partial charge in [-0.2, -0.15) is 0 Å². The molecule has 2 rings (SSSR count). The van der Waals surface area contributed by atoms with Gasteiger partial charge in [-0.3, -0.25) is 14.4 Å². The van der Waals surface area contributed by atoms with Crippen LogP contribution in [0.3, 0.4) is 0 Å². The monoisotopic (exact) mass is 300 g/mol. The van der Waals surface area contributed by atoms with Crippen molar-refractivity contribution in [2.75, 3.05) is 11.6 Å². The molecule has 0 aromatic heterocycles. The van der Waals surface area contributed by atoms with Gasteiger partial charge in [0.15, 0.2) is 0 Å². The van der Waals surface area contributed by atoms with E-state index in [-0.39, 0.29) is 18.2 Å². The minimum absolute atomic E-state index is 0.0314. The Balaban J connectivity index is 2.00. The lowest BCUT2D eigenvalue weighted by atomic mass is 9.74. The maximum absolute atomic E-state index is 12.4. The second-order valence-electron chi connectivity index (χ2n) is 5.43. The van der Waals surface area contributed by atoms with Gasteiger partial charge in [-0.25, -0.2) is 0 Å². The molecule has 20 heavy (non-hydrogen) atoms. The molecule has 0 aromatic carbocycles. The Bertz CT molecular complexity index is 423. The zero-order chi connectivity index (χ0) is 14.8. The van der Waals surface area contributed by atoms with Crippen LogP contribution in [-0.2, 0) is 14.4 Å². The summed E-state index contributed by atoms with van der Waals surface area (Å²) in [6.07, 6.45) is 2.68. The fourth-order valence-corrected chi connectivity index (χ4v) is 3.87. The first-order valence-corrected chi connectivity index (χ1v) is 8.04. The van der Waals surface area contributed by atoms with E-state index in [1.807, 2.05) is 0 Å². The summed E-state index contributed by atoms with van der Waals surface area (Å²) in [6.45, 7) is 1.78. The lowest BCUT2D eigenvalue weighted by Gasteiger charge is -2.42. The average Bonchev–Trinajstić information content (AvgIpc) is 2.83. The van der Waals surface area contributed by atoms with Crippen molar-refractivity contribution >= 4 is 29.5 Å². The van der Waals surface area contributed by atoms with Crippen LogP contribution in [0.4, 0.5) is 0 Å². The van der Waals surface area contributed by atoms with E-state index < -0.39 is 17.6 Å². The number of nitrogens with zero attached hydrogens (tertiary/aromatic N) is 1. The number of carbonyl (C=O) groups is 3. The molecule has 1 heterocycles. The molecule has 2 N–H and O–H groups in total. The minimum atomic E-state index is -0.896. The summed E-state index contributed by atoms with van der Waals surface area (Å²) in [7, 11) is 0. The van der Waals surface area contributed by atoms with Gasteiger partial charge in [-0.15, -0.1) is 11.8 Å². The van der Waals surface area contributed by atoms with E-state index in [0.29, 0.717) is 30.9 Å². The Hall–Kier alpha value is -1.24. The molecule has 1 saturated heterocycles. The lowest BCUT2D eigenvalue weighted by Crippen LogP contribution is -2.59. The van der Waals surface area contributed by atoms with Gasteiger partial charge >= 0.3 is 5.97 Å². The molecule has 0 spiro atoms. The summed E-state index contributed by atoms with van der Waals surface area (Å²) < 4.78 is 0. The topological polar surface area (TPSA) is 86.7 Å². The molecule has 1 aliphatic heterocycles. The van der Waals surface area contributed by atoms with Crippen LogP contribution >= 0.6 is 11.8 Å². The highest BCUT2D eigenvalue weighted by atomic mass is 32.2. The van der Waals surface area contributed by atoms with Gasteiger partial charge in [0.25, 0.3) is 0 Å². The van der Waals surface area contributed by atoms with Gasteiger partial charge in [0.1, 0.15) is 6.04 Å². The summed E-state index contributed by atoms with van der Waals surface area (Å²) in [6, 6.07) is -0.460. The predicted octanol–water partition coefficient (Wildman–Crippen LogP) is 0.812. The van der Waals surface area contributed by atoms with Crippen LogP contribution in [0.1, 0.15) is 39.0 Å². The number of carboxylic acids is 1. The normalized spacial score (nSPS) is 24.1. The van der Waals surface area contributed by atoms with Crippen molar-refractivity contribution in [1.82, 2.24) is 10.2 Å². The largest absolute Gasteiger partial charge is 0.481 e. The van der Waals surface area contributed by atoms with E-state index >= 15 is 0 Å². The first-order chi connectivity index (χ1) is 9.47. The molecule has 7 heteroatoms. The van der Waals surface area contributed by atoms with E-state index in [0.717, 1.165) is 6.42 Å². The van der Waals surface area contributed by atoms with E-state index in [1.54, 1.807) is 23.6 Å². The Kier molecular flexibility index (Phi) is 4.57. The molecule has 2 amide bonds. The molecule has 112 valence electrons. The number of hydrogen-bond donors (Lipinski definition) is 2. The quantitative estimate of drug-likeness (QED) is 0.784. The van der Waals surface area contributed by atoms with Gasteiger partial charge in [-0.05, 0) is 19.3 Å². The van der Waals surface area contributed by atoms with Crippen molar-refractivity contribution in [3.63, 3.8) is 0 Å². The van der Waals surface area contributed by atoms with E-state index in [2.05, 4.69) is 5.32 Å². The van der Waals surface area contributed by atoms with Crippen LogP contribution < -0.4 is 5.32 Å². The number of amides is 2. The van der Waals surface area contributed by atoms with Crippen molar-refractivity contribution in [2.24, 2.45) is 0 Å². The maximum Gasteiger partial charge on any atom is 0.305 e. The Morgan fingerprint density at radius 1 is 1.40 bits per heavy atom. The molecule has 1 aliphatic carbocycles. The molecule has 1 unspecified atom stereocenters. The molecule has 1 atom stereocenters. The van der Waals surface area contributed by atoms with Gasteiger partial charge in [0.05, 0.1) is 17.8 Å². The fraction of sp³-hybridized carbons (Fsp3) is 0.769. The third kappa shape index (κ3) is 3.08.